The summed E-state index contributed by atoms with van der Waals surface area (Å²) in [7, 11) is 0.345. The van der Waals surface area contributed by atoms with Crippen LogP contribution in [0.3, 0.4) is 0 Å². The van der Waals surface area contributed by atoms with Crippen LogP contribution in [0.15, 0.2) is 48.6 Å². The average Bonchev–Trinajstić information content (AvgIpc) is 3.69. The summed E-state index contributed by atoms with van der Waals surface area (Å²) in [4.78, 5) is 18.5. The maximum absolute atomic E-state index is 13.5. The van der Waals surface area contributed by atoms with E-state index in [1.807, 2.05) is 32.2 Å². The number of aryl methyl sites for hydroxylation is 1. The number of nitrogens with zero attached hydrogens (tertiary/aromatic N) is 2. The third-order valence-electron chi connectivity index (χ3n) is 12.1. The standard InChI is InChI=1S/C38H53ClN4O4S.C4H8O/c1-5-7-28-20-32(39)11-12-33(28)31-23-43-22-30-9-13-34(30)38(46-4,25-42-18-16-40-17-19-42)15-6-8-26(2)27(3)48(45)41-37(44)29-10-14-36(47-24-31)35(43)21-29;1-2-4-5-3-1/h6,10-12,14-15,20-21,26-27,30-31,34,40H,5,7-9,13,16-19,22-25H2,1-4H3,(H,41,44);1-4H2/b15-6+;. The van der Waals surface area contributed by atoms with Gasteiger partial charge in [0.2, 0.25) is 0 Å². The monoisotopic (exact) mass is 768 g/mol. The van der Waals surface area contributed by atoms with Crippen LogP contribution in [-0.4, -0.2) is 98.6 Å². The molecule has 2 aromatic carbocycles. The molecule has 292 valence electrons. The number of hydrogen-bond donors (Lipinski definition) is 2. The van der Waals surface area contributed by atoms with E-state index >= 15 is 0 Å². The molecule has 1 amide bonds. The molecule has 4 heterocycles. The molecule has 1 saturated carbocycles. The minimum atomic E-state index is -1.53. The van der Waals surface area contributed by atoms with Crippen LogP contribution < -0.4 is 19.7 Å². The van der Waals surface area contributed by atoms with Crippen LogP contribution in [0.1, 0.15) is 86.7 Å². The fourth-order valence-corrected chi connectivity index (χ4v) is 9.82. The molecule has 2 bridgehead atoms. The summed E-state index contributed by atoms with van der Waals surface area (Å²) in [5.41, 5.74) is 3.53. The van der Waals surface area contributed by atoms with E-state index in [4.69, 9.17) is 25.8 Å². The topological polar surface area (TPSA) is 92.4 Å². The van der Waals surface area contributed by atoms with E-state index in [9.17, 15) is 9.00 Å². The number of ether oxygens (including phenoxy) is 3. The van der Waals surface area contributed by atoms with Gasteiger partial charge in [0, 0.05) is 82.6 Å². The highest BCUT2D eigenvalue weighted by atomic mass is 35.5. The van der Waals surface area contributed by atoms with E-state index < -0.39 is 16.6 Å². The Morgan fingerprint density at radius 3 is 2.53 bits per heavy atom. The molecule has 7 rings (SSSR count). The molecular weight excluding hydrogens is 708 g/mol. The molecule has 2 saturated heterocycles. The van der Waals surface area contributed by atoms with Crippen LogP contribution in [-0.2, 0) is 26.9 Å². The molecular formula is C42H61ClN4O5S. The van der Waals surface area contributed by atoms with Crippen molar-refractivity contribution in [2.45, 2.75) is 82.5 Å². The second-order valence-electron chi connectivity index (χ2n) is 15.7. The SMILES string of the molecule is C1CCOC1.CCCc1cc(Cl)ccc1C1COc2ccc3cc2N(C1)CC1CCC1C(CN1CCNCC1)(OC)/C=C/CC(C)C(C)S(=O)NC3=O. The van der Waals surface area contributed by atoms with Crippen molar-refractivity contribution in [2.24, 2.45) is 17.8 Å². The zero-order valence-corrected chi connectivity index (χ0v) is 33.8. The van der Waals surface area contributed by atoms with Crippen LogP contribution in [0.2, 0.25) is 5.02 Å². The summed E-state index contributed by atoms with van der Waals surface area (Å²) in [6, 6.07) is 11.9. The number of benzene rings is 2. The fraction of sp³-hybridized carbons (Fsp3) is 0.643. The summed E-state index contributed by atoms with van der Waals surface area (Å²) in [6.45, 7) is 15.2. The van der Waals surface area contributed by atoms with Crippen molar-refractivity contribution in [3.8, 4) is 5.75 Å². The smallest absolute Gasteiger partial charge is 0.263 e. The minimum absolute atomic E-state index is 0.111. The molecule has 53 heavy (non-hydrogen) atoms. The minimum Gasteiger partial charge on any atom is -0.491 e. The summed E-state index contributed by atoms with van der Waals surface area (Å²) < 4.78 is 34.3. The number of hydrogen-bond acceptors (Lipinski definition) is 8. The average molecular weight is 769 g/mol. The second-order valence-corrected chi connectivity index (χ2v) is 17.7. The molecule has 7 unspecified atom stereocenters. The predicted molar refractivity (Wildman–Crippen MR) is 216 cm³/mol. The molecule has 3 fully saturated rings. The van der Waals surface area contributed by atoms with Gasteiger partial charge in [-0.25, -0.2) is 4.21 Å². The van der Waals surface area contributed by atoms with Crippen molar-refractivity contribution in [1.82, 2.24) is 14.9 Å². The maximum atomic E-state index is 13.5. The molecule has 7 atom stereocenters. The van der Waals surface area contributed by atoms with Gasteiger partial charge >= 0.3 is 0 Å². The molecule has 0 aromatic heterocycles. The van der Waals surface area contributed by atoms with E-state index in [1.54, 1.807) is 6.07 Å². The highest BCUT2D eigenvalue weighted by molar-refractivity contribution is 7.84. The van der Waals surface area contributed by atoms with E-state index in [0.717, 1.165) is 108 Å². The van der Waals surface area contributed by atoms with E-state index in [0.29, 0.717) is 24.0 Å². The number of anilines is 1. The Hall–Kier alpha value is -2.47. The van der Waals surface area contributed by atoms with Gasteiger partial charge in [-0.3, -0.25) is 14.4 Å². The van der Waals surface area contributed by atoms with Gasteiger partial charge in [-0.1, -0.05) is 50.1 Å². The molecule has 2 aromatic rings. The molecule has 4 aliphatic heterocycles. The first kappa shape index (κ1) is 40.2. The van der Waals surface area contributed by atoms with Crippen LogP contribution in [0, 0.1) is 17.8 Å². The zero-order chi connectivity index (χ0) is 37.4. The van der Waals surface area contributed by atoms with Gasteiger partial charge in [-0.2, -0.15) is 0 Å². The third-order valence-corrected chi connectivity index (χ3v) is 13.9. The van der Waals surface area contributed by atoms with Crippen molar-refractivity contribution in [1.29, 1.82) is 0 Å². The first-order valence-electron chi connectivity index (χ1n) is 20.0. The highest BCUT2D eigenvalue weighted by Crippen LogP contribution is 2.47. The van der Waals surface area contributed by atoms with Crippen molar-refractivity contribution in [2.75, 3.05) is 77.6 Å². The van der Waals surface area contributed by atoms with Crippen LogP contribution in [0.5, 0.6) is 5.75 Å². The quantitative estimate of drug-likeness (QED) is 0.312. The summed E-state index contributed by atoms with van der Waals surface area (Å²) in [6.07, 6.45) is 12.1. The summed E-state index contributed by atoms with van der Waals surface area (Å²) >= 11 is 6.48. The Labute approximate surface area is 325 Å². The van der Waals surface area contributed by atoms with Crippen LogP contribution in [0.4, 0.5) is 5.69 Å². The second kappa shape index (κ2) is 18.9. The first-order valence-corrected chi connectivity index (χ1v) is 21.6. The molecule has 9 nitrogen and oxygen atoms in total. The van der Waals surface area contributed by atoms with Gasteiger partial charge in [-0.15, -0.1) is 0 Å². The van der Waals surface area contributed by atoms with Gasteiger partial charge in [0.15, 0.2) is 0 Å². The number of carbonyl (C=O) groups excluding carboxylic acids is 1. The lowest BCUT2D eigenvalue weighted by molar-refractivity contribution is -0.0924. The molecule has 0 spiro atoms. The Morgan fingerprint density at radius 1 is 1.06 bits per heavy atom. The third kappa shape index (κ3) is 9.86. The van der Waals surface area contributed by atoms with Crippen molar-refractivity contribution >= 4 is 34.2 Å². The lowest BCUT2D eigenvalue weighted by atomic mass is 9.63. The molecule has 5 aliphatic rings. The lowest BCUT2D eigenvalue weighted by Crippen LogP contribution is -2.58. The largest absolute Gasteiger partial charge is 0.491 e. The predicted octanol–water partition coefficient (Wildman–Crippen LogP) is 6.77. The molecule has 1 aliphatic carbocycles. The Bertz CT molecular complexity index is 1570. The number of nitrogens with one attached hydrogen (secondary N) is 2. The number of piperazine rings is 1. The normalized spacial score (nSPS) is 31.5. The van der Waals surface area contributed by atoms with Crippen LogP contribution in [0.25, 0.3) is 0 Å². The van der Waals surface area contributed by atoms with Gasteiger partial charge in [-0.05, 0) is 105 Å². The Balaban J connectivity index is 0.000000887. The molecule has 11 heteroatoms. The number of fused-ring (bicyclic) bond motifs is 2. The summed E-state index contributed by atoms with van der Waals surface area (Å²) in [5.74, 6) is 1.43. The number of allylic oxidation sites excluding steroid dienone is 1. The first-order chi connectivity index (χ1) is 25.7. The summed E-state index contributed by atoms with van der Waals surface area (Å²) in [5, 5.41) is 4.04. The Morgan fingerprint density at radius 2 is 1.85 bits per heavy atom. The van der Waals surface area contributed by atoms with E-state index in [1.165, 1.54) is 24.0 Å². The van der Waals surface area contributed by atoms with Gasteiger partial charge in [0.25, 0.3) is 5.91 Å². The molecule has 2 N–H and O–H groups in total. The van der Waals surface area contributed by atoms with Crippen molar-refractivity contribution < 1.29 is 23.2 Å². The van der Waals surface area contributed by atoms with Crippen molar-refractivity contribution in [3.63, 3.8) is 0 Å². The van der Waals surface area contributed by atoms with E-state index in [-0.39, 0.29) is 23.0 Å². The maximum Gasteiger partial charge on any atom is 0.263 e. The number of rotatable bonds is 6. The lowest BCUT2D eigenvalue weighted by Gasteiger charge is -2.51. The highest BCUT2D eigenvalue weighted by Gasteiger charge is 2.48. The number of amides is 1. The zero-order valence-electron chi connectivity index (χ0n) is 32.2. The molecule has 0 radical (unpaired) electrons. The number of methoxy groups -OCH3 is 1. The van der Waals surface area contributed by atoms with Crippen LogP contribution >= 0.6 is 11.6 Å². The van der Waals surface area contributed by atoms with E-state index in [2.05, 4.69) is 58.0 Å². The fourth-order valence-electron chi connectivity index (χ4n) is 8.60. The number of carbonyl (C=O) groups is 1. The number of halogens is 1. The van der Waals surface area contributed by atoms with Crippen molar-refractivity contribution in [3.05, 3.63) is 70.3 Å². The Kier molecular flexibility index (Phi) is 14.3. The van der Waals surface area contributed by atoms with Gasteiger partial charge in [0.1, 0.15) is 22.3 Å². The van der Waals surface area contributed by atoms with Gasteiger partial charge in [0.05, 0.1) is 17.5 Å². The van der Waals surface area contributed by atoms with Gasteiger partial charge < -0.3 is 24.4 Å².